The summed E-state index contributed by atoms with van der Waals surface area (Å²) in [5.74, 6) is 0. The molecule has 2 aliphatic rings. The molecular formula is C15H23N2O16P2S-. The van der Waals surface area contributed by atoms with E-state index in [1.54, 1.807) is 0 Å². The van der Waals surface area contributed by atoms with Gasteiger partial charge < -0.3 is 44.8 Å². The van der Waals surface area contributed by atoms with Gasteiger partial charge in [-0.1, -0.05) is 0 Å². The van der Waals surface area contributed by atoms with Crippen molar-refractivity contribution >= 4 is 28.3 Å². The molecule has 21 heteroatoms. The summed E-state index contributed by atoms with van der Waals surface area (Å²) in [6.07, 6.45) is -12.6. The number of thiol groups is 1. The van der Waals surface area contributed by atoms with E-state index in [0.717, 1.165) is 16.8 Å². The lowest BCUT2D eigenvalue weighted by molar-refractivity contribution is -0.278. The van der Waals surface area contributed by atoms with Gasteiger partial charge in [-0.2, -0.15) is 12.6 Å². The first-order valence-electron chi connectivity index (χ1n) is 9.97. The molecule has 0 radical (unpaired) electrons. The maximum absolute atomic E-state index is 12.1. The minimum absolute atomic E-state index is 0.727. The van der Waals surface area contributed by atoms with Crippen molar-refractivity contribution < 1.29 is 67.3 Å². The molecular weight excluding hydrogens is 558 g/mol. The molecule has 0 saturated carbocycles. The van der Waals surface area contributed by atoms with Crippen LogP contribution in [0.5, 0.6) is 0 Å². The number of nitrogens with zero attached hydrogens (tertiary/aromatic N) is 1. The molecule has 5 unspecified atom stereocenters. The maximum Gasteiger partial charge on any atom is 0.478 e. The number of hydrogen-bond acceptors (Lipinski definition) is 16. The van der Waals surface area contributed by atoms with E-state index < -0.39 is 94.5 Å². The maximum atomic E-state index is 12.1. The van der Waals surface area contributed by atoms with Crippen molar-refractivity contribution in [2.24, 2.45) is 0 Å². The Balaban J connectivity index is 1.61. The molecule has 0 aliphatic carbocycles. The van der Waals surface area contributed by atoms with E-state index in [0.29, 0.717) is 0 Å². The van der Waals surface area contributed by atoms with Crippen LogP contribution in [0, 0.1) is 0 Å². The Kier molecular flexibility index (Phi) is 9.36. The minimum atomic E-state index is -5.77. The molecule has 0 spiro atoms. The molecule has 1 aromatic heterocycles. The smallest absolute Gasteiger partial charge is 0.478 e. The fraction of sp³-hybridized carbons (Fsp3) is 0.733. The predicted octanol–water partition coefficient (Wildman–Crippen LogP) is -4.49. The number of hydrogen-bond donors (Lipinski definition) is 8. The van der Waals surface area contributed by atoms with Gasteiger partial charge in [0.2, 0.25) is 0 Å². The van der Waals surface area contributed by atoms with Gasteiger partial charge in [0.25, 0.3) is 13.4 Å². The average Bonchev–Trinajstić information content (AvgIpc) is 3.06. The van der Waals surface area contributed by atoms with Crippen molar-refractivity contribution in [3.63, 3.8) is 0 Å². The second kappa shape index (κ2) is 11.4. The topological polar surface area (TPSA) is 280 Å². The summed E-state index contributed by atoms with van der Waals surface area (Å²) in [6.45, 7) is -1.83. The van der Waals surface area contributed by atoms with Gasteiger partial charge in [-0.25, -0.2) is 13.7 Å². The van der Waals surface area contributed by atoms with Gasteiger partial charge in [-0.3, -0.25) is 28.0 Å². The SMILES string of the molecule is O=c1ccn([C@@H]2O[C@H](COP(=O)(O)OP(=O)([O-])O[C@H]3OC(CO)[C@@H](O)[C@H](S)C3O)[C@H](O)C2O)c(=O)[nH]1. The van der Waals surface area contributed by atoms with Crippen LogP contribution in [0.15, 0.2) is 21.9 Å². The van der Waals surface area contributed by atoms with Crippen molar-refractivity contribution in [3.8, 4) is 0 Å². The fourth-order valence-electron chi connectivity index (χ4n) is 3.34. The van der Waals surface area contributed by atoms with E-state index in [4.69, 9.17) is 9.47 Å². The Morgan fingerprint density at radius 1 is 1.08 bits per heavy atom. The zero-order valence-electron chi connectivity index (χ0n) is 17.8. The van der Waals surface area contributed by atoms with Crippen molar-refractivity contribution in [2.75, 3.05) is 13.2 Å². The highest BCUT2D eigenvalue weighted by Gasteiger charge is 2.47. The van der Waals surface area contributed by atoms with E-state index in [-0.39, 0.29) is 0 Å². The van der Waals surface area contributed by atoms with Crippen LogP contribution in [0.25, 0.3) is 0 Å². The van der Waals surface area contributed by atoms with Gasteiger partial charge in [-0.05, 0) is 0 Å². The van der Waals surface area contributed by atoms with Crippen molar-refractivity contribution in [1.29, 1.82) is 0 Å². The Bertz CT molecular complexity index is 1130. The number of rotatable bonds is 9. The summed E-state index contributed by atoms with van der Waals surface area (Å²) in [4.78, 5) is 46.8. The third-order valence-corrected chi connectivity index (χ3v) is 8.33. The van der Waals surface area contributed by atoms with Crippen LogP contribution in [0.2, 0.25) is 0 Å². The highest BCUT2D eigenvalue weighted by Crippen LogP contribution is 2.59. The molecule has 18 nitrogen and oxygen atoms in total. The van der Waals surface area contributed by atoms with Crippen LogP contribution in [-0.2, 0) is 32.0 Å². The monoisotopic (exact) mass is 581 g/mol. The number of phosphoric acid groups is 2. The van der Waals surface area contributed by atoms with Crippen molar-refractivity contribution in [1.82, 2.24) is 9.55 Å². The first-order valence-corrected chi connectivity index (χ1v) is 13.4. The van der Waals surface area contributed by atoms with Gasteiger partial charge >= 0.3 is 13.5 Å². The molecule has 2 fully saturated rings. The number of phosphoric ester groups is 2. The Morgan fingerprint density at radius 2 is 1.75 bits per heavy atom. The third kappa shape index (κ3) is 6.71. The highest BCUT2D eigenvalue weighted by molar-refractivity contribution is 7.81. The van der Waals surface area contributed by atoms with Gasteiger partial charge in [0.1, 0.15) is 30.5 Å². The summed E-state index contributed by atoms with van der Waals surface area (Å²) < 4.78 is 48.0. The van der Waals surface area contributed by atoms with E-state index in [9.17, 15) is 54.0 Å². The van der Waals surface area contributed by atoms with Gasteiger partial charge in [0.05, 0.1) is 24.6 Å². The number of H-pyrrole nitrogens is 1. The van der Waals surface area contributed by atoms with Crippen molar-refractivity contribution in [3.05, 3.63) is 33.1 Å². The van der Waals surface area contributed by atoms with Crippen LogP contribution < -0.4 is 16.1 Å². The zero-order valence-corrected chi connectivity index (χ0v) is 20.5. The highest BCUT2D eigenvalue weighted by atomic mass is 32.1. The first-order chi connectivity index (χ1) is 16.7. The third-order valence-electron chi connectivity index (χ3n) is 5.15. The molecule has 1 aromatic rings. The molecule has 3 heterocycles. The number of aliphatic hydroxyl groups excluding tert-OH is 5. The fourth-order valence-corrected chi connectivity index (χ4v) is 5.79. The lowest BCUT2D eigenvalue weighted by Crippen LogP contribution is -2.57. The predicted molar refractivity (Wildman–Crippen MR) is 113 cm³/mol. The molecule has 3 rings (SSSR count). The Labute approximate surface area is 206 Å². The molecule has 2 aliphatic heterocycles. The van der Waals surface area contributed by atoms with Crippen LogP contribution in [0.1, 0.15) is 6.23 Å². The second-order valence-electron chi connectivity index (χ2n) is 7.66. The number of aromatic nitrogens is 2. The molecule has 0 aromatic carbocycles. The van der Waals surface area contributed by atoms with Crippen LogP contribution in [-0.4, -0.2) is 101 Å². The minimum Gasteiger partial charge on any atom is -0.756 e. The lowest BCUT2D eigenvalue weighted by Gasteiger charge is -2.41. The number of aliphatic hydroxyl groups is 5. The number of nitrogens with one attached hydrogen (secondary N) is 1. The van der Waals surface area contributed by atoms with Gasteiger partial charge in [-0.15, -0.1) is 0 Å². The van der Waals surface area contributed by atoms with Crippen LogP contribution >= 0.6 is 28.3 Å². The van der Waals surface area contributed by atoms with Crippen LogP contribution in [0.4, 0.5) is 0 Å². The van der Waals surface area contributed by atoms with E-state index in [1.165, 1.54) is 0 Å². The molecule has 36 heavy (non-hydrogen) atoms. The van der Waals surface area contributed by atoms with Crippen LogP contribution in [0.3, 0.4) is 0 Å². The summed E-state index contributed by atoms with van der Waals surface area (Å²) >= 11 is 3.87. The average molecular weight is 581 g/mol. The van der Waals surface area contributed by atoms with Gasteiger partial charge in [0, 0.05) is 12.3 Å². The number of aromatic amines is 1. The standard InChI is InChI=1S/C15H24N2O16P2S/c18-3-5-9(21)12(36)11(23)14(31-5)32-35(27,28)33-34(25,26)29-4-6-8(20)10(22)13(30-6)17-2-1-7(19)16-15(17)24/h1-2,5-6,8-14,18,20-23,36H,3-4H2,(H,25,26)(H,27,28)(H,16,19,24)/p-1/t5?,6-,8+,9-,10?,11?,12+,13-,14-/m1/s1. The van der Waals surface area contributed by atoms with E-state index in [2.05, 4.69) is 26.0 Å². The summed E-state index contributed by atoms with van der Waals surface area (Å²) in [5, 5.41) is 47.9. The Hall–Kier alpha value is -0.990. The number of ether oxygens (including phenoxy) is 2. The molecule has 0 amide bonds. The quantitative estimate of drug-likeness (QED) is 0.101. The van der Waals surface area contributed by atoms with Crippen molar-refractivity contribution in [2.45, 2.75) is 54.4 Å². The Morgan fingerprint density at radius 3 is 2.36 bits per heavy atom. The normalized spacial score (nSPS) is 38.4. The zero-order chi connectivity index (χ0) is 27.0. The van der Waals surface area contributed by atoms with E-state index >= 15 is 0 Å². The molecule has 0 bridgehead atoms. The summed E-state index contributed by atoms with van der Waals surface area (Å²) in [7, 11) is -11.3. The van der Waals surface area contributed by atoms with Gasteiger partial charge in [0.15, 0.2) is 12.5 Å². The molecule has 7 N–H and O–H groups in total. The molecule has 11 atom stereocenters. The van der Waals surface area contributed by atoms with E-state index in [1.807, 2.05) is 4.98 Å². The lowest BCUT2D eigenvalue weighted by atomic mass is 10.0. The second-order valence-corrected chi connectivity index (χ2v) is 11.2. The first kappa shape index (κ1) is 29.6. The summed E-state index contributed by atoms with van der Waals surface area (Å²) in [6, 6.07) is 0.932. The molecule has 206 valence electrons. The summed E-state index contributed by atoms with van der Waals surface area (Å²) in [5.41, 5.74) is -1.74. The molecule has 2 saturated heterocycles. The largest absolute Gasteiger partial charge is 0.756 e.